The standard InChI is InChI=1S/C35H34N4O3S/c1-34(2,3)42-33(41)39-23-22-29(31(39)32(40)27-20-13-21-28-30(27)37-38-36-28)43-35(24-14-7-4-8-15-24,25-16-9-5-10-17-25)26-18-11-6-12-19-26/h4-21,29,31H,22-23H2,1-3H3,(H,36,37,38). The molecule has 1 aromatic heterocycles. The Morgan fingerprint density at radius 3 is 1.91 bits per heavy atom. The molecule has 1 saturated heterocycles. The third-order valence-electron chi connectivity index (χ3n) is 7.73. The summed E-state index contributed by atoms with van der Waals surface area (Å²) in [5.41, 5.74) is 4.18. The van der Waals surface area contributed by atoms with Crippen molar-refractivity contribution >= 4 is 34.7 Å². The highest BCUT2D eigenvalue weighted by atomic mass is 32.2. The molecule has 2 heterocycles. The normalized spacial score (nSPS) is 17.2. The highest BCUT2D eigenvalue weighted by Crippen LogP contribution is 2.53. The van der Waals surface area contributed by atoms with Gasteiger partial charge < -0.3 is 4.74 Å². The first kappa shape index (κ1) is 28.7. The molecule has 0 spiro atoms. The summed E-state index contributed by atoms with van der Waals surface area (Å²) in [4.78, 5) is 29.9. The number of aromatic nitrogens is 3. The Balaban J connectivity index is 1.51. The van der Waals surface area contributed by atoms with Crippen LogP contribution in [0, 0.1) is 0 Å². The van der Waals surface area contributed by atoms with E-state index in [0.717, 1.165) is 16.7 Å². The molecule has 5 aromatic rings. The Hall–Kier alpha value is -4.43. The smallest absolute Gasteiger partial charge is 0.410 e. The van der Waals surface area contributed by atoms with Crippen LogP contribution in [0.1, 0.15) is 54.2 Å². The van der Waals surface area contributed by atoms with Crippen LogP contribution in [0.15, 0.2) is 109 Å². The average molecular weight is 591 g/mol. The number of rotatable bonds is 7. The minimum absolute atomic E-state index is 0.177. The number of nitrogens with one attached hydrogen (secondary N) is 1. The molecule has 1 aliphatic rings. The quantitative estimate of drug-likeness (QED) is 0.159. The summed E-state index contributed by atoms with van der Waals surface area (Å²) >= 11 is 1.72. The number of amides is 1. The van der Waals surface area contributed by atoms with Crippen molar-refractivity contribution in [3.05, 3.63) is 131 Å². The predicted molar refractivity (Wildman–Crippen MR) is 170 cm³/mol. The van der Waals surface area contributed by atoms with E-state index in [-0.39, 0.29) is 11.0 Å². The highest BCUT2D eigenvalue weighted by Gasteiger charge is 2.49. The molecular formula is C35H34N4O3S. The zero-order valence-electron chi connectivity index (χ0n) is 24.4. The SMILES string of the molecule is CC(C)(C)OC(=O)N1CCC(SC(c2ccccc2)(c2ccccc2)c2ccccc2)C1C(=O)c1cccc2[nH]nnc12. The number of fused-ring (bicyclic) bond motifs is 1. The van der Waals surface area contributed by atoms with Gasteiger partial charge in [-0.15, -0.1) is 16.9 Å². The number of hydrogen-bond acceptors (Lipinski definition) is 6. The zero-order chi connectivity index (χ0) is 30.0. The molecule has 0 radical (unpaired) electrons. The third kappa shape index (κ3) is 5.55. The van der Waals surface area contributed by atoms with Crippen LogP contribution < -0.4 is 0 Å². The Kier molecular flexibility index (Phi) is 7.79. The zero-order valence-corrected chi connectivity index (χ0v) is 25.3. The van der Waals surface area contributed by atoms with Gasteiger partial charge in [0.25, 0.3) is 0 Å². The number of Topliss-reactive ketones (excluding diaryl/α,β-unsaturated/α-hetero) is 1. The predicted octanol–water partition coefficient (Wildman–Crippen LogP) is 7.24. The third-order valence-corrected chi connectivity index (χ3v) is 9.59. The van der Waals surface area contributed by atoms with Gasteiger partial charge >= 0.3 is 6.09 Å². The summed E-state index contributed by atoms with van der Waals surface area (Å²) in [5, 5.41) is 10.7. The summed E-state index contributed by atoms with van der Waals surface area (Å²) in [7, 11) is 0. The summed E-state index contributed by atoms with van der Waals surface area (Å²) < 4.78 is 5.18. The van der Waals surface area contributed by atoms with Gasteiger partial charge in [-0.3, -0.25) is 14.8 Å². The summed E-state index contributed by atoms with van der Waals surface area (Å²) in [6.45, 7) is 5.91. The van der Waals surface area contributed by atoms with Crippen molar-refractivity contribution in [2.75, 3.05) is 6.54 Å². The second-order valence-electron chi connectivity index (χ2n) is 11.7. The van der Waals surface area contributed by atoms with Gasteiger partial charge in [0.1, 0.15) is 17.2 Å². The van der Waals surface area contributed by atoms with Gasteiger partial charge in [0.2, 0.25) is 0 Å². The van der Waals surface area contributed by atoms with E-state index in [9.17, 15) is 9.59 Å². The largest absolute Gasteiger partial charge is 0.444 e. The minimum Gasteiger partial charge on any atom is -0.444 e. The van der Waals surface area contributed by atoms with Gasteiger partial charge in [-0.1, -0.05) is 102 Å². The molecule has 0 saturated carbocycles. The molecule has 43 heavy (non-hydrogen) atoms. The maximum absolute atomic E-state index is 14.6. The van der Waals surface area contributed by atoms with Crippen molar-refractivity contribution in [1.29, 1.82) is 0 Å². The number of ketones is 1. The molecule has 2 atom stereocenters. The molecule has 8 heteroatoms. The molecule has 0 bridgehead atoms. The van der Waals surface area contributed by atoms with Crippen LogP contribution in [-0.2, 0) is 9.48 Å². The van der Waals surface area contributed by atoms with Gasteiger partial charge in [0.05, 0.1) is 10.3 Å². The van der Waals surface area contributed by atoms with Crippen molar-refractivity contribution in [2.45, 2.75) is 48.8 Å². The van der Waals surface area contributed by atoms with Crippen LogP contribution in [0.2, 0.25) is 0 Å². The molecular weight excluding hydrogens is 556 g/mol. The second-order valence-corrected chi connectivity index (χ2v) is 13.2. The minimum atomic E-state index is -0.780. The Labute approximate surface area is 255 Å². The van der Waals surface area contributed by atoms with Crippen molar-refractivity contribution < 1.29 is 14.3 Å². The van der Waals surface area contributed by atoms with Crippen LogP contribution in [0.4, 0.5) is 4.79 Å². The lowest BCUT2D eigenvalue weighted by atomic mass is 9.84. The van der Waals surface area contributed by atoms with E-state index in [4.69, 9.17) is 4.74 Å². The fraction of sp³-hybridized carbons (Fsp3) is 0.257. The number of H-pyrrole nitrogens is 1. The van der Waals surface area contributed by atoms with Crippen molar-refractivity contribution in [3.8, 4) is 0 Å². The first-order chi connectivity index (χ1) is 20.8. The number of aromatic amines is 1. The number of thioether (sulfide) groups is 1. The fourth-order valence-electron chi connectivity index (χ4n) is 5.90. The maximum atomic E-state index is 14.6. The van der Waals surface area contributed by atoms with Gasteiger partial charge in [-0.2, -0.15) is 0 Å². The molecule has 7 nitrogen and oxygen atoms in total. The summed E-state index contributed by atoms with van der Waals surface area (Å²) in [5.74, 6) is -0.177. The summed E-state index contributed by atoms with van der Waals surface area (Å²) in [6, 6.07) is 35.8. The number of likely N-dealkylation sites (tertiary alicyclic amines) is 1. The average Bonchev–Trinajstić information content (AvgIpc) is 3.67. The lowest BCUT2D eigenvalue weighted by molar-refractivity contribution is 0.0224. The van der Waals surface area contributed by atoms with Crippen LogP contribution in [0.3, 0.4) is 0 Å². The Morgan fingerprint density at radius 1 is 0.814 bits per heavy atom. The lowest BCUT2D eigenvalue weighted by Gasteiger charge is -2.39. The van der Waals surface area contributed by atoms with Crippen LogP contribution >= 0.6 is 11.8 Å². The Bertz CT molecular complexity index is 1620. The van der Waals surface area contributed by atoms with E-state index in [1.54, 1.807) is 22.7 Å². The summed E-state index contributed by atoms with van der Waals surface area (Å²) in [6.07, 6.45) is 0.120. The molecule has 2 unspecified atom stereocenters. The van der Waals surface area contributed by atoms with Crippen molar-refractivity contribution in [1.82, 2.24) is 20.3 Å². The van der Waals surface area contributed by atoms with Gasteiger partial charge in [0, 0.05) is 17.4 Å². The number of carbonyl (C=O) groups excluding carboxylic acids is 2. The fourth-order valence-corrected chi connectivity index (χ4v) is 7.79. The number of benzene rings is 4. The molecule has 4 aromatic carbocycles. The lowest BCUT2D eigenvalue weighted by Crippen LogP contribution is -2.47. The van der Waals surface area contributed by atoms with E-state index >= 15 is 0 Å². The highest BCUT2D eigenvalue weighted by molar-refractivity contribution is 8.01. The Morgan fingerprint density at radius 2 is 1.37 bits per heavy atom. The van der Waals surface area contributed by atoms with E-state index < -0.39 is 22.5 Å². The van der Waals surface area contributed by atoms with E-state index in [0.29, 0.717) is 29.6 Å². The van der Waals surface area contributed by atoms with E-state index in [1.807, 2.05) is 87.5 Å². The van der Waals surface area contributed by atoms with E-state index in [2.05, 4.69) is 51.8 Å². The second kappa shape index (κ2) is 11.7. The molecule has 6 rings (SSSR count). The van der Waals surface area contributed by atoms with E-state index in [1.165, 1.54) is 0 Å². The molecule has 1 fully saturated rings. The number of nitrogens with zero attached hydrogens (tertiary/aromatic N) is 3. The monoisotopic (exact) mass is 590 g/mol. The van der Waals surface area contributed by atoms with Crippen LogP contribution in [0.25, 0.3) is 11.0 Å². The molecule has 0 aliphatic carbocycles. The molecule has 1 N–H and O–H groups in total. The number of hydrogen-bond donors (Lipinski definition) is 1. The van der Waals surface area contributed by atoms with Gasteiger partial charge in [-0.05, 0) is 56.0 Å². The maximum Gasteiger partial charge on any atom is 0.410 e. The topological polar surface area (TPSA) is 88.2 Å². The van der Waals surface area contributed by atoms with Gasteiger partial charge in [-0.25, -0.2) is 4.79 Å². The van der Waals surface area contributed by atoms with Crippen LogP contribution in [-0.4, -0.2) is 55.6 Å². The number of carbonyl (C=O) groups is 2. The molecule has 1 amide bonds. The first-order valence-corrected chi connectivity index (χ1v) is 15.3. The molecule has 218 valence electrons. The molecule has 1 aliphatic heterocycles. The van der Waals surface area contributed by atoms with Crippen molar-refractivity contribution in [2.24, 2.45) is 0 Å². The number of ether oxygens (including phenoxy) is 1. The van der Waals surface area contributed by atoms with Crippen LogP contribution in [0.5, 0.6) is 0 Å². The van der Waals surface area contributed by atoms with Crippen molar-refractivity contribution in [3.63, 3.8) is 0 Å². The van der Waals surface area contributed by atoms with Gasteiger partial charge in [0.15, 0.2) is 5.78 Å². The first-order valence-electron chi connectivity index (χ1n) is 14.5.